The summed E-state index contributed by atoms with van der Waals surface area (Å²) in [5.74, 6) is 0.155. The van der Waals surface area contributed by atoms with Gasteiger partial charge in [0.25, 0.3) is 0 Å². The summed E-state index contributed by atoms with van der Waals surface area (Å²) in [6.07, 6.45) is 1.25. The van der Waals surface area contributed by atoms with Crippen molar-refractivity contribution in [1.29, 1.82) is 0 Å². The Bertz CT molecular complexity index is 302. The molecule has 0 aromatic rings. The number of nitrogens with zero attached hydrogens (tertiary/aromatic N) is 2. The van der Waals surface area contributed by atoms with Crippen molar-refractivity contribution < 1.29 is 14.3 Å². The summed E-state index contributed by atoms with van der Waals surface area (Å²) in [6.45, 7) is 3.11. The highest BCUT2D eigenvalue weighted by Crippen LogP contribution is 2.10. The van der Waals surface area contributed by atoms with Gasteiger partial charge >= 0.3 is 6.03 Å². The number of urea groups is 1. The summed E-state index contributed by atoms with van der Waals surface area (Å²) in [5, 5.41) is 2.98. The van der Waals surface area contributed by atoms with Gasteiger partial charge in [-0.05, 0) is 6.42 Å². The first-order chi connectivity index (χ1) is 8.16. The van der Waals surface area contributed by atoms with Crippen LogP contribution in [-0.4, -0.2) is 67.7 Å². The fraction of sp³-hybridized carbons (Fsp3) is 0.818. The van der Waals surface area contributed by atoms with Crippen molar-refractivity contribution in [3.8, 4) is 0 Å². The van der Waals surface area contributed by atoms with E-state index < -0.39 is 0 Å². The Kier molecular flexibility index (Phi) is 3.83. The highest BCUT2D eigenvalue weighted by molar-refractivity contribution is 5.78. The van der Waals surface area contributed by atoms with Gasteiger partial charge in [-0.3, -0.25) is 4.79 Å². The molecule has 0 aliphatic carbocycles. The number of carbonyl (C=O) groups excluding carboxylic acids is 2. The summed E-state index contributed by atoms with van der Waals surface area (Å²) >= 11 is 0. The zero-order valence-electron chi connectivity index (χ0n) is 10.1. The second-order valence-electron chi connectivity index (χ2n) is 4.56. The third-order valence-electron chi connectivity index (χ3n) is 3.25. The molecule has 2 rings (SSSR count). The molecular weight excluding hydrogens is 222 g/mol. The van der Waals surface area contributed by atoms with Crippen LogP contribution in [0.5, 0.6) is 0 Å². The van der Waals surface area contributed by atoms with Gasteiger partial charge in [0.15, 0.2) is 0 Å². The zero-order chi connectivity index (χ0) is 12.3. The second kappa shape index (κ2) is 5.35. The van der Waals surface area contributed by atoms with Crippen LogP contribution in [0.3, 0.4) is 0 Å². The van der Waals surface area contributed by atoms with Crippen LogP contribution in [-0.2, 0) is 9.53 Å². The quantitative estimate of drug-likeness (QED) is 0.682. The molecule has 6 nitrogen and oxygen atoms in total. The number of piperidine rings is 1. The summed E-state index contributed by atoms with van der Waals surface area (Å²) in [5.41, 5.74) is 0. The van der Waals surface area contributed by atoms with Crippen molar-refractivity contribution in [1.82, 2.24) is 15.1 Å². The molecule has 3 amide bonds. The molecule has 0 aromatic heterocycles. The van der Waals surface area contributed by atoms with Crippen LogP contribution in [0.2, 0.25) is 0 Å². The summed E-state index contributed by atoms with van der Waals surface area (Å²) in [6, 6.07) is 0.0362. The summed E-state index contributed by atoms with van der Waals surface area (Å²) in [7, 11) is 1.77. The first-order valence-corrected chi connectivity index (χ1v) is 6.04. The molecule has 6 heteroatoms. The molecule has 2 fully saturated rings. The van der Waals surface area contributed by atoms with E-state index in [0.29, 0.717) is 39.3 Å². The summed E-state index contributed by atoms with van der Waals surface area (Å²) in [4.78, 5) is 26.7. The van der Waals surface area contributed by atoms with E-state index in [1.165, 1.54) is 0 Å². The van der Waals surface area contributed by atoms with E-state index >= 15 is 0 Å². The molecule has 0 radical (unpaired) electrons. The number of rotatable bonds is 1. The van der Waals surface area contributed by atoms with Crippen molar-refractivity contribution in [2.45, 2.75) is 18.9 Å². The molecule has 0 saturated carbocycles. The lowest BCUT2D eigenvalue weighted by Crippen LogP contribution is -2.53. The van der Waals surface area contributed by atoms with Crippen LogP contribution < -0.4 is 5.32 Å². The zero-order valence-corrected chi connectivity index (χ0v) is 10.1. The SMILES string of the molecule is CN1CC(NC(=O)N2CCOCC2)CCC1=O. The van der Waals surface area contributed by atoms with Gasteiger partial charge in [-0.2, -0.15) is 0 Å². The van der Waals surface area contributed by atoms with Crippen molar-refractivity contribution in [3.63, 3.8) is 0 Å². The van der Waals surface area contributed by atoms with Crippen LogP contribution >= 0.6 is 0 Å². The monoisotopic (exact) mass is 241 g/mol. The van der Waals surface area contributed by atoms with Crippen LogP contribution in [0, 0.1) is 0 Å². The number of nitrogens with one attached hydrogen (secondary N) is 1. The van der Waals surface area contributed by atoms with E-state index in [1.54, 1.807) is 16.8 Å². The Morgan fingerprint density at radius 1 is 1.41 bits per heavy atom. The van der Waals surface area contributed by atoms with E-state index in [9.17, 15) is 9.59 Å². The smallest absolute Gasteiger partial charge is 0.317 e. The average Bonchev–Trinajstić information content (AvgIpc) is 2.35. The van der Waals surface area contributed by atoms with E-state index in [2.05, 4.69) is 5.32 Å². The maximum absolute atomic E-state index is 11.9. The Balaban J connectivity index is 1.80. The van der Waals surface area contributed by atoms with E-state index in [0.717, 1.165) is 6.42 Å². The maximum atomic E-state index is 11.9. The molecule has 1 N–H and O–H groups in total. The number of likely N-dealkylation sites (N-methyl/N-ethyl adjacent to an activating group) is 1. The number of ether oxygens (including phenoxy) is 1. The number of amides is 3. The number of likely N-dealkylation sites (tertiary alicyclic amines) is 1. The second-order valence-corrected chi connectivity index (χ2v) is 4.56. The Hall–Kier alpha value is -1.30. The van der Waals surface area contributed by atoms with Gasteiger partial charge in [0.05, 0.1) is 13.2 Å². The van der Waals surface area contributed by atoms with Gasteiger partial charge in [0.2, 0.25) is 5.91 Å². The molecular formula is C11H19N3O3. The van der Waals surface area contributed by atoms with Crippen molar-refractivity contribution in [3.05, 3.63) is 0 Å². The molecule has 17 heavy (non-hydrogen) atoms. The molecule has 96 valence electrons. The Labute approximate surface area is 101 Å². The van der Waals surface area contributed by atoms with Crippen molar-refractivity contribution in [2.24, 2.45) is 0 Å². The highest BCUT2D eigenvalue weighted by Gasteiger charge is 2.26. The van der Waals surface area contributed by atoms with Crippen LogP contribution in [0.25, 0.3) is 0 Å². The largest absolute Gasteiger partial charge is 0.378 e. The molecule has 0 spiro atoms. The number of hydrogen-bond donors (Lipinski definition) is 1. The van der Waals surface area contributed by atoms with Crippen LogP contribution in [0.15, 0.2) is 0 Å². The molecule has 1 atom stereocenters. The predicted molar refractivity (Wildman–Crippen MR) is 61.6 cm³/mol. The van der Waals surface area contributed by atoms with Crippen LogP contribution in [0.4, 0.5) is 4.79 Å². The topological polar surface area (TPSA) is 61.9 Å². The predicted octanol–water partition coefficient (Wildman–Crippen LogP) is -0.351. The lowest BCUT2D eigenvalue weighted by atomic mass is 10.1. The van der Waals surface area contributed by atoms with Gasteiger partial charge in [0, 0.05) is 39.1 Å². The van der Waals surface area contributed by atoms with Crippen molar-refractivity contribution in [2.75, 3.05) is 39.9 Å². The van der Waals surface area contributed by atoms with E-state index in [4.69, 9.17) is 4.74 Å². The Morgan fingerprint density at radius 3 is 2.76 bits per heavy atom. The fourth-order valence-electron chi connectivity index (χ4n) is 2.16. The molecule has 0 aromatic carbocycles. The minimum atomic E-state index is -0.0407. The minimum absolute atomic E-state index is 0.0407. The first kappa shape index (κ1) is 12.2. The highest BCUT2D eigenvalue weighted by atomic mass is 16.5. The number of morpholine rings is 1. The number of hydrogen-bond acceptors (Lipinski definition) is 3. The van der Waals surface area contributed by atoms with Gasteiger partial charge < -0.3 is 19.9 Å². The normalized spacial score (nSPS) is 25.9. The fourth-order valence-corrected chi connectivity index (χ4v) is 2.16. The minimum Gasteiger partial charge on any atom is -0.378 e. The van der Waals surface area contributed by atoms with Gasteiger partial charge in [-0.25, -0.2) is 4.79 Å². The Morgan fingerprint density at radius 2 is 2.12 bits per heavy atom. The molecule has 2 heterocycles. The standard InChI is InChI=1S/C11H19N3O3/c1-13-8-9(2-3-10(13)15)12-11(16)14-4-6-17-7-5-14/h9H,2-8H2,1H3,(H,12,16). The van der Waals surface area contributed by atoms with Gasteiger partial charge in [-0.1, -0.05) is 0 Å². The van der Waals surface area contributed by atoms with E-state index in [1.807, 2.05) is 0 Å². The lowest BCUT2D eigenvalue weighted by molar-refractivity contribution is -0.132. The number of carbonyl (C=O) groups is 2. The third-order valence-corrected chi connectivity index (χ3v) is 3.25. The summed E-state index contributed by atoms with van der Waals surface area (Å²) < 4.78 is 5.20. The van der Waals surface area contributed by atoms with Crippen molar-refractivity contribution >= 4 is 11.9 Å². The average molecular weight is 241 g/mol. The first-order valence-electron chi connectivity index (χ1n) is 6.04. The lowest BCUT2D eigenvalue weighted by Gasteiger charge is -2.33. The van der Waals surface area contributed by atoms with E-state index in [-0.39, 0.29) is 18.0 Å². The molecule has 0 bridgehead atoms. The van der Waals surface area contributed by atoms with Gasteiger partial charge in [0.1, 0.15) is 0 Å². The third kappa shape index (κ3) is 3.09. The molecule has 2 saturated heterocycles. The van der Waals surface area contributed by atoms with Gasteiger partial charge in [-0.15, -0.1) is 0 Å². The molecule has 2 aliphatic rings. The molecule has 2 aliphatic heterocycles. The maximum Gasteiger partial charge on any atom is 0.317 e. The molecule has 1 unspecified atom stereocenters. The van der Waals surface area contributed by atoms with Crippen LogP contribution in [0.1, 0.15) is 12.8 Å².